The van der Waals surface area contributed by atoms with Gasteiger partial charge in [0, 0.05) is 0 Å². The number of hydrogen-bond acceptors (Lipinski definition) is 2. The summed E-state index contributed by atoms with van der Waals surface area (Å²) in [5.74, 6) is -0.404. The fourth-order valence-corrected chi connectivity index (χ4v) is 1.39. The van der Waals surface area contributed by atoms with E-state index in [1.807, 2.05) is 0 Å². The standard InChI is InChI=1S/C8H5ClF5NO/c1-16-3-2-15-6(7(10)11)4(5(3)9)8(12,13)14/h2,7H,1H3. The molecule has 1 aromatic heterocycles. The highest BCUT2D eigenvalue weighted by molar-refractivity contribution is 6.33. The predicted molar refractivity (Wildman–Crippen MR) is 45.8 cm³/mol. The summed E-state index contributed by atoms with van der Waals surface area (Å²) in [5.41, 5.74) is -3.07. The first-order chi connectivity index (χ1) is 7.29. The van der Waals surface area contributed by atoms with Crippen LogP contribution < -0.4 is 4.74 Å². The minimum absolute atomic E-state index is 0.404. The van der Waals surface area contributed by atoms with Gasteiger partial charge in [-0.05, 0) is 0 Å². The second-order valence-electron chi connectivity index (χ2n) is 2.70. The number of pyridine rings is 1. The number of aromatic nitrogens is 1. The highest BCUT2D eigenvalue weighted by Crippen LogP contribution is 2.43. The zero-order chi connectivity index (χ0) is 12.5. The van der Waals surface area contributed by atoms with Gasteiger partial charge in [0.05, 0.1) is 18.3 Å². The van der Waals surface area contributed by atoms with Gasteiger partial charge in [-0.2, -0.15) is 13.2 Å². The molecule has 0 radical (unpaired) electrons. The summed E-state index contributed by atoms with van der Waals surface area (Å²) in [5, 5.41) is -0.916. The van der Waals surface area contributed by atoms with Gasteiger partial charge >= 0.3 is 6.18 Å². The van der Waals surface area contributed by atoms with Crippen LogP contribution in [0.25, 0.3) is 0 Å². The minimum Gasteiger partial charge on any atom is -0.494 e. The summed E-state index contributed by atoms with van der Waals surface area (Å²) in [7, 11) is 1.06. The number of nitrogens with zero attached hydrogens (tertiary/aromatic N) is 1. The van der Waals surface area contributed by atoms with Crippen LogP contribution in [0, 0.1) is 0 Å². The van der Waals surface area contributed by atoms with Crippen molar-refractivity contribution in [2.75, 3.05) is 7.11 Å². The highest BCUT2D eigenvalue weighted by atomic mass is 35.5. The topological polar surface area (TPSA) is 22.1 Å². The van der Waals surface area contributed by atoms with Gasteiger partial charge in [0.25, 0.3) is 6.43 Å². The van der Waals surface area contributed by atoms with E-state index in [0.29, 0.717) is 0 Å². The van der Waals surface area contributed by atoms with Crippen LogP contribution in [0.15, 0.2) is 6.20 Å². The van der Waals surface area contributed by atoms with E-state index in [2.05, 4.69) is 9.72 Å². The van der Waals surface area contributed by atoms with E-state index in [9.17, 15) is 22.0 Å². The SMILES string of the molecule is COc1cnc(C(F)F)c(C(F)(F)F)c1Cl. The van der Waals surface area contributed by atoms with Crippen LogP contribution in [0.2, 0.25) is 5.02 Å². The fraction of sp³-hybridized carbons (Fsp3) is 0.375. The molecule has 1 aromatic rings. The van der Waals surface area contributed by atoms with Gasteiger partial charge in [0.1, 0.15) is 11.3 Å². The third-order valence-electron chi connectivity index (χ3n) is 1.72. The van der Waals surface area contributed by atoms with Gasteiger partial charge in [-0.25, -0.2) is 8.78 Å². The smallest absolute Gasteiger partial charge is 0.419 e. The van der Waals surface area contributed by atoms with E-state index in [1.165, 1.54) is 0 Å². The van der Waals surface area contributed by atoms with Crippen molar-refractivity contribution in [3.8, 4) is 5.75 Å². The first-order valence-electron chi connectivity index (χ1n) is 3.86. The predicted octanol–water partition coefficient (Wildman–Crippen LogP) is 3.70. The third-order valence-corrected chi connectivity index (χ3v) is 2.10. The molecule has 0 N–H and O–H groups in total. The molecular formula is C8H5ClF5NO. The molecular weight excluding hydrogens is 257 g/mol. The van der Waals surface area contributed by atoms with E-state index >= 15 is 0 Å². The lowest BCUT2D eigenvalue weighted by molar-refractivity contribution is -0.139. The first-order valence-corrected chi connectivity index (χ1v) is 4.24. The summed E-state index contributed by atoms with van der Waals surface area (Å²) in [6, 6.07) is 0. The quantitative estimate of drug-likeness (QED) is 0.757. The molecule has 0 spiro atoms. The minimum atomic E-state index is -5.01. The Labute approximate surface area is 92.0 Å². The number of rotatable bonds is 2. The summed E-state index contributed by atoms with van der Waals surface area (Å²) in [6.45, 7) is 0. The molecule has 0 saturated carbocycles. The summed E-state index contributed by atoms with van der Waals surface area (Å²) < 4.78 is 66.5. The van der Waals surface area contributed by atoms with Crippen LogP contribution in [0.5, 0.6) is 5.75 Å². The van der Waals surface area contributed by atoms with Gasteiger partial charge in [0.15, 0.2) is 5.75 Å². The fourth-order valence-electron chi connectivity index (χ4n) is 1.06. The molecule has 8 heteroatoms. The zero-order valence-electron chi connectivity index (χ0n) is 7.78. The van der Waals surface area contributed by atoms with Gasteiger partial charge < -0.3 is 4.74 Å². The molecule has 0 aliphatic heterocycles. The molecule has 0 fully saturated rings. The largest absolute Gasteiger partial charge is 0.494 e. The summed E-state index contributed by atoms with van der Waals surface area (Å²) >= 11 is 5.32. The molecule has 0 aromatic carbocycles. The molecule has 0 atom stereocenters. The Kier molecular flexibility index (Phi) is 3.57. The molecule has 0 amide bonds. The highest BCUT2D eigenvalue weighted by Gasteiger charge is 2.40. The van der Waals surface area contributed by atoms with Gasteiger partial charge in [-0.15, -0.1) is 0 Å². The Morgan fingerprint density at radius 1 is 1.38 bits per heavy atom. The van der Waals surface area contributed by atoms with Crippen LogP contribution in [0.1, 0.15) is 17.7 Å². The molecule has 0 bridgehead atoms. The second-order valence-corrected chi connectivity index (χ2v) is 3.08. The Hall–Kier alpha value is -1.11. The molecule has 0 aliphatic carbocycles. The van der Waals surface area contributed by atoms with Crippen molar-refractivity contribution in [2.24, 2.45) is 0 Å². The van der Waals surface area contributed by atoms with Crippen molar-refractivity contribution in [1.29, 1.82) is 0 Å². The van der Waals surface area contributed by atoms with E-state index in [1.54, 1.807) is 0 Å². The lowest BCUT2D eigenvalue weighted by atomic mass is 10.2. The van der Waals surface area contributed by atoms with Crippen molar-refractivity contribution >= 4 is 11.6 Å². The van der Waals surface area contributed by atoms with Crippen LogP contribution in [-0.4, -0.2) is 12.1 Å². The number of hydrogen-bond donors (Lipinski definition) is 0. The van der Waals surface area contributed by atoms with Crippen LogP contribution in [-0.2, 0) is 6.18 Å². The molecule has 90 valence electrons. The van der Waals surface area contributed by atoms with Crippen LogP contribution >= 0.6 is 11.6 Å². The summed E-state index contributed by atoms with van der Waals surface area (Å²) in [4.78, 5) is 3.00. The average molecular weight is 262 g/mol. The van der Waals surface area contributed by atoms with Gasteiger partial charge in [0.2, 0.25) is 0 Å². The molecule has 2 nitrogen and oxygen atoms in total. The van der Waals surface area contributed by atoms with Gasteiger partial charge in [-0.3, -0.25) is 4.98 Å². The van der Waals surface area contributed by atoms with Crippen LogP contribution in [0.4, 0.5) is 22.0 Å². The molecule has 0 aliphatic rings. The van der Waals surface area contributed by atoms with Crippen molar-refractivity contribution in [1.82, 2.24) is 4.98 Å². The van der Waals surface area contributed by atoms with E-state index < -0.39 is 34.6 Å². The second kappa shape index (κ2) is 4.40. The number of methoxy groups -OCH3 is 1. The van der Waals surface area contributed by atoms with Crippen molar-refractivity contribution in [3.05, 3.63) is 22.5 Å². The third kappa shape index (κ3) is 2.34. The maximum atomic E-state index is 12.5. The monoisotopic (exact) mass is 261 g/mol. The number of ether oxygens (including phenoxy) is 1. The zero-order valence-corrected chi connectivity index (χ0v) is 8.53. The molecule has 1 rings (SSSR count). The number of halogens is 6. The molecule has 16 heavy (non-hydrogen) atoms. The average Bonchev–Trinajstić information content (AvgIpc) is 2.14. The van der Waals surface area contributed by atoms with E-state index in [-0.39, 0.29) is 0 Å². The van der Waals surface area contributed by atoms with Crippen molar-refractivity contribution < 1.29 is 26.7 Å². The maximum Gasteiger partial charge on any atom is 0.419 e. The molecule has 1 heterocycles. The maximum absolute atomic E-state index is 12.5. The van der Waals surface area contributed by atoms with Crippen LogP contribution in [0.3, 0.4) is 0 Å². The Balaban J connectivity index is 3.50. The Bertz CT molecular complexity index is 393. The first kappa shape index (κ1) is 13.0. The van der Waals surface area contributed by atoms with Gasteiger partial charge in [-0.1, -0.05) is 11.6 Å². The van der Waals surface area contributed by atoms with Crippen molar-refractivity contribution in [2.45, 2.75) is 12.6 Å². The molecule has 0 unspecified atom stereocenters. The lowest BCUT2D eigenvalue weighted by Gasteiger charge is -2.15. The Morgan fingerprint density at radius 3 is 2.31 bits per heavy atom. The summed E-state index contributed by atoms with van der Waals surface area (Å²) in [6.07, 6.45) is -7.65. The number of alkyl halides is 5. The van der Waals surface area contributed by atoms with E-state index in [4.69, 9.17) is 11.6 Å². The van der Waals surface area contributed by atoms with E-state index in [0.717, 1.165) is 13.3 Å². The molecule has 0 saturated heterocycles. The van der Waals surface area contributed by atoms with Crippen molar-refractivity contribution in [3.63, 3.8) is 0 Å². The normalized spacial score (nSPS) is 12.0. The lowest BCUT2D eigenvalue weighted by Crippen LogP contribution is -2.13. The Morgan fingerprint density at radius 2 is 1.94 bits per heavy atom.